The van der Waals surface area contributed by atoms with E-state index in [1.807, 2.05) is 0 Å². The van der Waals surface area contributed by atoms with Gasteiger partial charge in [-0.25, -0.2) is 9.59 Å². The monoisotopic (exact) mass is 256 g/mol. The molecule has 2 aliphatic heterocycles. The van der Waals surface area contributed by atoms with Crippen molar-refractivity contribution in [2.45, 2.75) is 32.5 Å². The average Bonchev–Trinajstić information content (AvgIpc) is 2.70. The molecular formula is C11H16N2O5. The van der Waals surface area contributed by atoms with Crippen molar-refractivity contribution in [1.29, 1.82) is 0 Å². The molecule has 1 fully saturated rings. The quantitative estimate of drug-likeness (QED) is 0.745. The van der Waals surface area contributed by atoms with E-state index in [2.05, 4.69) is 5.16 Å². The van der Waals surface area contributed by atoms with Crippen LogP contribution in [0.25, 0.3) is 0 Å². The molecule has 0 bridgehead atoms. The summed E-state index contributed by atoms with van der Waals surface area (Å²) in [7, 11) is 0. The second-order valence-corrected chi connectivity index (χ2v) is 5.42. The molecule has 7 heteroatoms. The largest absolute Gasteiger partial charge is 0.477 e. The molecule has 2 unspecified atom stereocenters. The summed E-state index contributed by atoms with van der Waals surface area (Å²) >= 11 is 0. The Balaban J connectivity index is 2.00. The first-order valence-corrected chi connectivity index (χ1v) is 5.73. The Bertz CT molecular complexity index is 412. The lowest BCUT2D eigenvalue weighted by Gasteiger charge is -2.24. The highest BCUT2D eigenvalue weighted by atomic mass is 16.6. The summed E-state index contributed by atoms with van der Waals surface area (Å²) in [6.07, 6.45) is -0.825. The third kappa shape index (κ3) is 2.39. The Hall–Kier alpha value is -1.79. The summed E-state index contributed by atoms with van der Waals surface area (Å²) < 4.78 is 5.23. The molecule has 100 valence electrons. The Morgan fingerprint density at radius 3 is 2.67 bits per heavy atom. The van der Waals surface area contributed by atoms with E-state index in [9.17, 15) is 9.59 Å². The van der Waals surface area contributed by atoms with E-state index in [1.54, 1.807) is 20.8 Å². The summed E-state index contributed by atoms with van der Waals surface area (Å²) in [6, 6.07) is 0. The van der Waals surface area contributed by atoms with Crippen molar-refractivity contribution in [3.8, 4) is 0 Å². The summed E-state index contributed by atoms with van der Waals surface area (Å²) in [6.45, 7) is 5.91. The highest BCUT2D eigenvalue weighted by molar-refractivity contribution is 6.37. The van der Waals surface area contributed by atoms with Gasteiger partial charge in [-0.05, 0) is 20.8 Å². The van der Waals surface area contributed by atoms with E-state index in [0.717, 1.165) is 0 Å². The summed E-state index contributed by atoms with van der Waals surface area (Å²) in [5.41, 5.74) is -0.592. The molecular weight excluding hydrogens is 240 g/mol. The lowest BCUT2D eigenvalue weighted by atomic mass is 10.0. The van der Waals surface area contributed by atoms with Crippen molar-refractivity contribution < 1.29 is 24.3 Å². The molecule has 0 aromatic rings. The van der Waals surface area contributed by atoms with Crippen LogP contribution < -0.4 is 0 Å². The number of rotatable bonds is 1. The van der Waals surface area contributed by atoms with Gasteiger partial charge in [-0.3, -0.25) is 0 Å². The second kappa shape index (κ2) is 4.15. The number of carbonyl (C=O) groups excluding carboxylic acids is 1. The molecule has 2 atom stereocenters. The molecule has 18 heavy (non-hydrogen) atoms. The predicted molar refractivity (Wildman–Crippen MR) is 61.2 cm³/mol. The van der Waals surface area contributed by atoms with Crippen LogP contribution in [0, 0.1) is 5.92 Å². The fourth-order valence-corrected chi connectivity index (χ4v) is 2.01. The lowest BCUT2D eigenvalue weighted by Crippen LogP contribution is -2.36. The number of likely N-dealkylation sites (tertiary alicyclic amines) is 1. The third-order valence-electron chi connectivity index (χ3n) is 2.77. The number of carboxylic acids is 1. The molecule has 2 rings (SSSR count). The maximum absolute atomic E-state index is 11.8. The van der Waals surface area contributed by atoms with Crippen LogP contribution in [0.4, 0.5) is 4.79 Å². The molecule has 0 aromatic heterocycles. The predicted octanol–water partition coefficient (Wildman–Crippen LogP) is 0.693. The van der Waals surface area contributed by atoms with E-state index in [0.29, 0.717) is 6.54 Å². The minimum absolute atomic E-state index is 0.0222. The molecule has 2 aliphatic rings. The average molecular weight is 256 g/mol. The van der Waals surface area contributed by atoms with Crippen LogP contribution in [0.5, 0.6) is 0 Å². The Morgan fingerprint density at radius 2 is 2.11 bits per heavy atom. The zero-order chi connectivity index (χ0) is 13.5. The van der Waals surface area contributed by atoms with E-state index in [4.69, 9.17) is 14.7 Å². The maximum Gasteiger partial charge on any atom is 0.410 e. The third-order valence-corrected chi connectivity index (χ3v) is 2.77. The first-order valence-electron chi connectivity index (χ1n) is 5.73. The maximum atomic E-state index is 11.8. The Morgan fingerprint density at radius 1 is 1.44 bits per heavy atom. The van der Waals surface area contributed by atoms with Gasteiger partial charge < -0.3 is 19.6 Å². The number of ether oxygens (including phenoxy) is 1. The number of oxime groups is 1. The number of amides is 1. The molecule has 0 aromatic carbocycles. The van der Waals surface area contributed by atoms with E-state index in [1.165, 1.54) is 4.90 Å². The van der Waals surface area contributed by atoms with Gasteiger partial charge in [0.25, 0.3) is 0 Å². The fraction of sp³-hybridized carbons (Fsp3) is 0.727. The standard InChI is InChI=1S/C11H16N2O5/c1-11(2,3)17-10(16)13-4-6-7(5-13)18-12-8(6)9(14)15/h6-7H,4-5H2,1-3H3,(H,14,15). The Kier molecular flexibility index (Phi) is 2.92. The highest BCUT2D eigenvalue weighted by Gasteiger charge is 2.47. The molecule has 1 amide bonds. The van der Waals surface area contributed by atoms with E-state index in [-0.39, 0.29) is 24.3 Å². The van der Waals surface area contributed by atoms with Gasteiger partial charge in [0.1, 0.15) is 5.60 Å². The SMILES string of the molecule is CC(C)(C)OC(=O)N1CC2ON=C(C(=O)O)C2C1. The molecule has 0 aliphatic carbocycles. The van der Waals surface area contributed by atoms with Crippen LogP contribution in [0.3, 0.4) is 0 Å². The van der Waals surface area contributed by atoms with Gasteiger partial charge in [-0.15, -0.1) is 0 Å². The molecule has 0 spiro atoms. The van der Waals surface area contributed by atoms with Gasteiger partial charge in [-0.2, -0.15) is 0 Å². The lowest BCUT2D eigenvalue weighted by molar-refractivity contribution is -0.129. The molecule has 7 nitrogen and oxygen atoms in total. The van der Waals surface area contributed by atoms with Gasteiger partial charge in [0.05, 0.1) is 12.5 Å². The molecule has 1 N–H and O–H groups in total. The van der Waals surface area contributed by atoms with Crippen molar-refractivity contribution in [3.05, 3.63) is 0 Å². The van der Waals surface area contributed by atoms with E-state index >= 15 is 0 Å². The van der Waals surface area contributed by atoms with Gasteiger partial charge in [0, 0.05) is 6.54 Å². The van der Waals surface area contributed by atoms with Crippen LogP contribution in [-0.2, 0) is 14.4 Å². The smallest absolute Gasteiger partial charge is 0.410 e. The van der Waals surface area contributed by atoms with Gasteiger partial charge in [0.15, 0.2) is 11.8 Å². The van der Waals surface area contributed by atoms with E-state index < -0.39 is 17.7 Å². The summed E-state index contributed by atoms with van der Waals surface area (Å²) in [5, 5.41) is 12.5. The number of nitrogens with zero attached hydrogens (tertiary/aromatic N) is 2. The van der Waals surface area contributed by atoms with Crippen LogP contribution in [-0.4, -0.2) is 52.6 Å². The minimum Gasteiger partial charge on any atom is -0.477 e. The first kappa shape index (κ1) is 12.7. The number of aliphatic carboxylic acids is 1. The van der Waals surface area contributed by atoms with Crippen molar-refractivity contribution in [2.75, 3.05) is 13.1 Å². The fourth-order valence-electron chi connectivity index (χ4n) is 2.01. The number of carboxylic acid groups (broad SMARTS) is 1. The molecule has 0 radical (unpaired) electrons. The number of hydrogen-bond acceptors (Lipinski definition) is 5. The number of hydrogen-bond donors (Lipinski definition) is 1. The number of fused-ring (bicyclic) bond motifs is 1. The van der Waals surface area contributed by atoms with Crippen LogP contribution in [0.1, 0.15) is 20.8 Å². The topological polar surface area (TPSA) is 88.4 Å². The normalized spacial score (nSPS) is 26.4. The Labute approximate surface area is 104 Å². The molecule has 0 saturated carbocycles. The highest BCUT2D eigenvalue weighted by Crippen LogP contribution is 2.28. The first-order chi connectivity index (χ1) is 8.28. The summed E-state index contributed by atoms with van der Waals surface area (Å²) in [4.78, 5) is 29.2. The summed E-state index contributed by atoms with van der Waals surface area (Å²) in [5.74, 6) is -1.47. The van der Waals surface area contributed by atoms with Gasteiger partial charge in [-0.1, -0.05) is 5.16 Å². The van der Waals surface area contributed by atoms with Crippen molar-refractivity contribution in [1.82, 2.24) is 4.90 Å². The van der Waals surface area contributed by atoms with Crippen LogP contribution >= 0.6 is 0 Å². The zero-order valence-corrected chi connectivity index (χ0v) is 10.5. The van der Waals surface area contributed by atoms with Gasteiger partial charge >= 0.3 is 12.1 Å². The van der Waals surface area contributed by atoms with Gasteiger partial charge in [0.2, 0.25) is 0 Å². The van der Waals surface area contributed by atoms with Crippen LogP contribution in [0.15, 0.2) is 5.16 Å². The number of carbonyl (C=O) groups is 2. The van der Waals surface area contributed by atoms with Crippen molar-refractivity contribution >= 4 is 17.8 Å². The van der Waals surface area contributed by atoms with Crippen molar-refractivity contribution in [3.63, 3.8) is 0 Å². The van der Waals surface area contributed by atoms with Crippen LogP contribution in [0.2, 0.25) is 0 Å². The van der Waals surface area contributed by atoms with Crippen molar-refractivity contribution in [2.24, 2.45) is 11.1 Å². The second-order valence-electron chi connectivity index (χ2n) is 5.42. The zero-order valence-electron chi connectivity index (χ0n) is 10.5. The minimum atomic E-state index is -1.10. The molecule has 2 heterocycles. The molecule has 1 saturated heterocycles.